The van der Waals surface area contributed by atoms with Crippen LogP contribution in [0.5, 0.6) is 0 Å². The molecule has 3 unspecified atom stereocenters. The molecule has 702 valence electrons. The van der Waals surface area contributed by atoms with Crippen molar-refractivity contribution in [3.8, 4) is 0 Å². The van der Waals surface area contributed by atoms with E-state index in [4.69, 9.17) is 51.6 Å². The summed E-state index contributed by atoms with van der Waals surface area (Å²) in [6, 6.07) is 4.78. The molecular formula is C90H126Cl2N8O24S3. The summed E-state index contributed by atoms with van der Waals surface area (Å²) < 4.78 is 36.1. The smallest absolute Gasteiger partial charge is 0.409 e. The van der Waals surface area contributed by atoms with Gasteiger partial charge in [-0.1, -0.05) is 125 Å². The summed E-state index contributed by atoms with van der Waals surface area (Å²) in [7, 11) is 12.3. The molecule has 0 spiro atoms. The number of carbonyl (C=O) groups is 12. The number of allylic oxidation sites excluding steroid dienone is 6. The van der Waals surface area contributed by atoms with Gasteiger partial charge < -0.3 is 89.3 Å². The van der Waals surface area contributed by atoms with Crippen LogP contribution in [0.1, 0.15) is 174 Å². The van der Waals surface area contributed by atoms with E-state index in [1.165, 1.54) is 84.2 Å². The van der Waals surface area contributed by atoms with Gasteiger partial charge in [0, 0.05) is 127 Å². The van der Waals surface area contributed by atoms with Crippen molar-refractivity contribution in [2.24, 2.45) is 41.4 Å². The predicted octanol–water partition coefficient (Wildman–Crippen LogP) is 8.46. The number of carbonyl (C=O) groups excluding carboxylic acids is 12. The van der Waals surface area contributed by atoms with E-state index >= 15 is 0 Å². The maximum absolute atomic E-state index is 14.3. The van der Waals surface area contributed by atoms with Gasteiger partial charge in [0.2, 0.25) is 35.4 Å². The van der Waals surface area contributed by atoms with Crippen molar-refractivity contribution >= 4 is 139 Å². The van der Waals surface area contributed by atoms with Gasteiger partial charge in [-0.05, 0) is 133 Å². The first kappa shape index (κ1) is 103. The number of amides is 8. The number of nitrogens with zero attached hydrogens (tertiary/aromatic N) is 4. The summed E-state index contributed by atoms with van der Waals surface area (Å²) in [5, 5.41) is 74.9. The van der Waals surface area contributed by atoms with Crippen LogP contribution in [0.4, 0.5) is 21.0 Å². The molecular weight excluding hydrogens is 1740 g/mol. The van der Waals surface area contributed by atoms with Crippen LogP contribution in [-0.4, -0.2) is 260 Å². The van der Waals surface area contributed by atoms with Gasteiger partial charge in [-0.15, -0.1) is 11.8 Å². The van der Waals surface area contributed by atoms with Crippen LogP contribution >= 0.6 is 56.6 Å². The Bertz CT molecular complexity index is 4510. The minimum atomic E-state index is -1.91. The predicted molar refractivity (Wildman–Crippen MR) is 481 cm³/mol. The molecule has 6 aliphatic heterocycles. The lowest BCUT2D eigenvalue weighted by atomic mass is 9.77. The van der Waals surface area contributed by atoms with Gasteiger partial charge in [0.25, 0.3) is 0 Å². The van der Waals surface area contributed by atoms with Crippen LogP contribution in [0.15, 0.2) is 71.9 Å². The molecule has 37 heteroatoms. The zero-order valence-corrected chi connectivity index (χ0v) is 78.9. The second-order valence-corrected chi connectivity index (χ2v) is 40.3. The summed E-state index contributed by atoms with van der Waals surface area (Å²) >= 11 is 14.8. The molecule has 2 aliphatic carbocycles. The highest BCUT2D eigenvalue weighted by Crippen LogP contribution is 2.52. The number of rotatable bonds is 25. The molecule has 127 heavy (non-hydrogen) atoms. The Hall–Kier alpha value is -7.65. The zero-order valence-electron chi connectivity index (χ0n) is 74.9. The number of nitrogens with one attached hydrogen (secondary N) is 4. The average Bonchev–Trinajstić information content (AvgIpc) is 1.57. The minimum absolute atomic E-state index is 0.0220. The number of esters is 2. The number of Topliss-reactive ketones (excluding diaryl/α,β-unsaturated/α-hetero) is 2. The lowest BCUT2D eigenvalue weighted by Gasteiger charge is -2.42. The molecule has 19 atom stereocenters. The van der Waals surface area contributed by atoms with Crippen molar-refractivity contribution in [1.82, 2.24) is 31.1 Å². The monoisotopic (exact) mass is 1870 g/mol. The number of hydrogen-bond acceptors (Lipinski definition) is 27. The van der Waals surface area contributed by atoms with Crippen LogP contribution in [0.3, 0.4) is 0 Å². The molecule has 8 bridgehead atoms. The number of halogens is 2. The Morgan fingerprint density at radius 1 is 0.638 bits per heavy atom. The number of ketones is 2. The number of thioether (sulfide) groups is 1. The number of aliphatic hydroxyl groups excluding tert-OH is 4. The van der Waals surface area contributed by atoms with E-state index in [0.717, 1.165) is 48.0 Å². The normalized spacial score (nSPS) is 31.9. The molecule has 8 aliphatic rings. The van der Waals surface area contributed by atoms with Crippen molar-refractivity contribution in [3.05, 3.63) is 104 Å². The molecule has 32 nitrogen and oxygen atoms in total. The first-order chi connectivity index (χ1) is 59.9. The molecule has 10 rings (SSSR count). The highest BCUT2D eigenvalue weighted by Gasteiger charge is 2.66. The number of epoxide rings is 2. The Morgan fingerprint density at radius 2 is 1.08 bits per heavy atom. The molecule has 0 aromatic heterocycles. The summed E-state index contributed by atoms with van der Waals surface area (Å²) in [5.74, 6) is -6.36. The Morgan fingerprint density at radius 3 is 1.50 bits per heavy atom. The molecule has 6 fully saturated rings. The zero-order chi connectivity index (χ0) is 93.6. The molecule has 2 saturated carbocycles. The summed E-state index contributed by atoms with van der Waals surface area (Å²) in [6.45, 7) is 13.9. The second-order valence-electron chi connectivity index (χ2n) is 35.3. The van der Waals surface area contributed by atoms with Crippen molar-refractivity contribution < 1.29 is 117 Å². The maximum atomic E-state index is 14.3. The first-order valence-electron chi connectivity index (χ1n) is 43.3. The van der Waals surface area contributed by atoms with Gasteiger partial charge in [0.15, 0.2) is 17.2 Å². The van der Waals surface area contributed by atoms with E-state index in [-0.39, 0.29) is 107 Å². The summed E-state index contributed by atoms with van der Waals surface area (Å²) in [4.78, 5) is 164. The van der Waals surface area contributed by atoms with Crippen molar-refractivity contribution in [1.29, 1.82) is 0 Å². The lowest BCUT2D eigenvalue weighted by molar-refractivity contribution is -0.162. The molecule has 6 heterocycles. The summed E-state index contributed by atoms with van der Waals surface area (Å²) in [6.07, 6.45) is 7.23. The Labute approximate surface area is 764 Å². The molecule has 2 aromatic carbocycles. The Balaban J connectivity index is 0.000000290. The highest BCUT2D eigenvalue weighted by atomic mass is 35.5. The largest absolute Gasteiger partial charge is 0.457 e. The highest BCUT2D eigenvalue weighted by molar-refractivity contribution is 8.76. The number of fused-ring (bicyclic) bond motifs is 10. The number of aliphatic hydroxyl groups is 6. The minimum Gasteiger partial charge on any atom is -0.457 e. The number of ether oxygens (including phenoxy) is 6. The SMILES string of the molecule is CNC(=O)C1CCC(CC2C(=O)CC(SCCC(=O)N(C)[C@@H](C)C(=O)O[C@H]3CC(=O)N(C)c4cc(cc(CO)c4Cl)C/C(C)=C/C=C/[C@@H](CO)[C@@]4(O)C[C@H](OC(=O)N4)[C@@H](C)[C@@H]4O[C@@]34C)C2=O)CC1.CNC(=O)CCC(C)SSCCC(=O)N(C)[C@@H](C)C(=O)O[C@H]1CC(=O)N(C)c2cc(cc(CO)c2Cl)C/C(C)=C/C=C/[C@@H](CO)[C@@]2(O)C[C@H](OC(=O)N2)[C@@H](C)[C@@H]2O[C@@]12C. The van der Waals surface area contributed by atoms with Crippen molar-refractivity contribution in [2.75, 3.05) is 76.8 Å². The van der Waals surface area contributed by atoms with Gasteiger partial charge in [-0.2, -0.15) is 0 Å². The molecule has 2 aromatic rings. The first-order valence-corrected chi connectivity index (χ1v) is 47.5. The standard InChI is InChI=1S/C49H67ClN4O13S.C41H59ClN4O11S2/c1-26-9-8-10-33(25-56)49(64)23-37(65-47(63)52-49)27(2)44-48(4,67-44)39(22-41(59)54(7)35-20-30(17-26)18-32(24-55)42(35)50)66-46(62)28(3)53(6)40(58)15-16-68-38-21-36(57)34(43(38)60)19-29-11-13-31(14-12-29)45(61)51-5;1-23-10-9-11-29(22-48)41(54)20-31(55-39(53)44-41)25(3)37-40(5,57-37)32(19-35(51)46(8)30-18-27(16-23)17-28(21-47)36(30)42)56-38(52)26(4)45(7)34(50)14-15-58-59-24(2)12-13-33(49)43-6/h8-10,18,20,27-29,31,33-34,37-39,44,55-56,64H,11-17,19,21-25H2,1-7H3,(H,51,61)(H,52,63);9-11,17-18,24-26,29,31-32,37,47-48,54H,12-16,19-22H2,1-8H3,(H,43,49)(H,44,53)/b10-8+,26-9+;11-9+,23-10+/t27-,28+,29?,31?,33+,34?,37+,38?,39+,44+,48+,49+;24?,25-,26+,29+,31+,32+,37+,40+,41+/m11/s1. The number of anilines is 2. The lowest BCUT2D eigenvalue weighted by Crippen LogP contribution is -2.62. The van der Waals surface area contributed by atoms with E-state index in [0.29, 0.717) is 60.4 Å². The third kappa shape index (κ3) is 25.6. The van der Waals surface area contributed by atoms with Crippen molar-refractivity contribution in [2.45, 2.75) is 260 Å². The van der Waals surface area contributed by atoms with Gasteiger partial charge in [-0.3, -0.25) is 49.0 Å². The van der Waals surface area contributed by atoms with Gasteiger partial charge in [0.1, 0.15) is 53.5 Å². The van der Waals surface area contributed by atoms with Crippen LogP contribution in [0.2, 0.25) is 10.0 Å². The number of benzene rings is 2. The molecule has 10 N–H and O–H groups in total. The fourth-order valence-electron chi connectivity index (χ4n) is 17.5. The van der Waals surface area contributed by atoms with E-state index in [9.17, 15) is 88.2 Å². The third-order valence-electron chi connectivity index (χ3n) is 26.2. The van der Waals surface area contributed by atoms with Crippen LogP contribution in [0.25, 0.3) is 0 Å². The fraction of sp³-hybridized carbons (Fsp3) is 0.644. The number of hydrogen-bond donors (Lipinski definition) is 10. The quantitative estimate of drug-likeness (QED) is 0.0111. The van der Waals surface area contributed by atoms with E-state index < -0.39 is 174 Å². The van der Waals surface area contributed by atoms with Crippen LogP contribution in [-0.2, 0) is 102 Å². The van der Waals surface area contributed by atoms with Gasteiger partial charge in [-0.25, -0.2) is 19.2 Å². The Kier molecular flexibility index (Phi) is 36.5. The molecule has 8 amide bonds. The van der Waals surface area contributed by atoms with E-state index in [1.54, 1.807) is 113 Å². The van der Waals surface area contributed by atoms with Crippen LogP contribution < -0.4 is 31.1 Å². The second kappa shape index (κ2) is 45.0. The third-order valence-corrected chi connectivity index (χ3v) is 31.3. The topological polar surface area (TPSA) is 449 Å². The van der Waals surface area contributed by atoms with Gasteiger partial charge in [0.05, 0.1) is 84.1 Å². The molecule has 0 radical (unpaired) electrons. The molecule has 4 saturated heterocycles. The van der Waals surface area contributed by atoms with E-state index in [2.05, 4.69) is 21.3 Å². The maximum Gasteiger partial charge on any atom is 0.409 e. The number of likely N-dealkylation sites (N-methyl/N-ethyl adjacent to an activating group) is 2. The fourth-order valence-corrected chi connectivity index (χ4v) is 21.6. The van der Waals surface area contributed by atoms with Gasteiger partial charge >= 0.3 is 24.1 Å². The van der Waals surface area contributed by atoms with Crippen molar-refractivity contribution in [3.63, 3.8) is 0 Å². The van der Waals surface area contributed by atoms with E-state index in [1.807, 2.05) is 20.8 Å². The average molecular weight is 1870 g/mol. The summed E-state index contributed by atoms with van der Waals surface area (Å²) in [5.41, 5.74) is -1.76. The number of alkyl carbamates (subject to hydrolysis) is 2. The van der Waals surface area contributed by atoms with Crippen LogP contribution in [0, 0.1) is 41.4 Å².